The number of nitrogens with zero attached hydrogens (tertiary/aromatic N) is 4. The number of aliphatic hydroxyl groups is 1. The van der Waals surface area contributed by atoms with E-state index in [1.807, 2.05) is 13.8 Å². The first-order valence-corrected chi connectivity index (χ1v) is 6.66. The Balaban J connectivity index is 2.16. The Morgan fingerprint density at radius 1 is 1.26 bits per heavy atom. The molecule has 1 aliphatic heterocycles. The second-order valence-corrected chi connectivity index (χ2v) is 5.49. The van der Waals surface area contributed by atoms with Crippen molar-refractivity contribution in [1.29, 1.82) is 0 Å². The molecule has 0 bridgehead atoms. The molecule has 0 aliphatic carbocycles. The second-order valence-electron chi connectivity index (χ2n) is 5.49. The predicted molar refractivity (Wildman–Crippen MR) is 75.1 cm³/mol. The Hall–Kier alpha value is -1.63. The Bertz CT molecular complexity index is 430. The van der Waals surface area contributed by atoms with Gasteiger partial charge in [-0.1, -0.05) is 0 Å². The Kier molecular flexibility index (Phi) is 4.04. The fourth-order valence-electron chi connectivity index (χ4n) is 2.14. The molecule has 0 atom stereocenters. The fraction of sp³-hybridized carbons (Fsp3) is 0.750. The van der Waals surface area contributed by atoms with Gasteiger partial charge in [0.15, 0.2) is 0 Å². The van der Waals surface area contributed by atoms with Gasteiger partial charge in [-0.05, 0) is 33.1 Å². The van der Waals surface area contributed by atoms with Crippen LogP contribution in [0.3, 0.4) is 0 Å². The van der Waals surface area contributed by atoms with Crippen molar-refractivity contribution in [2.45, 2.75) is 38.6 Å². The van der Waals surface area contributed by atoms with E-state index in [4.69, 9.17) is 10.8 Å². The standard InChI is InChI=1S/C12H22N6O/c1-12(2,5-8-19)17-10-14-9(13)15-11(16-10)18-6-3-4-7-18/h19H,3-8H2,1-2H3,(H3,13,14,15,16,17). The average molecular weight is 266 g/mol. The maximum absolute atomic E-state index is 9.04. The number of aliphatic hydroxyl groups excluding tert-OH is 1. The minimum absolute atomic E-state index is 0.111. The van der Waals surface area contributed by atoms with E-state index in [0.29, 0.717) is 18.3 Å². The quantitative estimate of drug-likeness (QED) is 0.718. The van der Waals surface area contributed by atoms with Gasteiger partial charge in [0.05, 0.1) is 0 Å². The number of hydrogen-bond acceptors (Lipinski definition) is 7. The third kappa shape index (κ3) is 3.66. The number of aromatic nitrogens is 3. The Morgan fingerprint density at radius 3 is 2.58 bits per heavy atom. The van der Waals surface area contributed by atoms with Gasteiger partial charge in [-0.25, -0.2) is 0 Å². The summed E-state index contributed by atoms with van der Waals surface area (Å²) in [5, 5.41) is 12.2. The number of nitrogens with one attached hydrogen (secondary N) is 1. The average Bonchev–Trinajstić information content (AvgIpc) is 2.80. The lowest BCUT2D eigenvalue weighted by molar-refractivity contribution is 0.260. The van der Waals surface area contributed by atoms with Crippen LogP contribution >= 0.6 is 0 Å². The summed E-state index contributed by atoms with van der Waals surface area (Å²) in [7, 11) is 0. The molecule has 0 saturated carbocycles. The first-order valence-electron chi connectivity index (χ1n) is 6.66. The van der Waals surface area contributed by atoms with E-state index in [1.54, 1.807) is 0 Å². The molecule has 7 heteroatoms. The molecule has 2 rings (SSSR count). The molecule has 1 fully saturated rings. The zero-order valence-corrected chi connectivity index (χ0v) is 11.6. The highest BCUT2D eigenvalue weighted by Crippen LogP contribution is 2.20. The molecule has 1 aromatic rings. The van der Waals surface area contributed by atoms with Crippen LogP contribution in [0.15, 0.2) is 0 Å². The first kappa shape index (κ1) is 13.8. The minimum Gasteiger partial charge on any atom is -0.396 e. The van der Waals surface area contributed by atoms with Crippen LogP contribution in [0.2, 0.25) is 0 Å². The summed E-state index contributed by atoms with van der Waals surface area (Å²) in [6.07, 6.45) is 2.92. The maximum Gasteiger partial charge on any atom is 0.231 e. The van der Waals surface area contributed by atoms with Gasteiger partial charge in [0.25, 0.3) is 0 Å². The van der Waals surface area contributed by atoms with E-state index in [9.17, 15) is 0 Å². The van der Waals surface area contributed by atoms with Gasteiger partial charge in [-0.3, -0.25) is 0 Å². The van der Waals surface area contributed by atoms with Gasteiger partial charge >= 0.3 is 0 Å². The highest BCUT2D eigenvalue weighted by Gasteiger charge is 2.21. The van der Waals surface area contributed by atoms with E-state index < -0.39 is 0 Å². The Morgan fingerprint density at radius 2 is 1.95 bits per heavy atom. The van der Waals surface area contributed by atoms with Crippen LogP contribution in [-0.2, 0) is 0 Å². The van der Waals surface area contributed by atoms with Gasteiger partial charge in [-0.15, -0.1) is 0 Å². The third-order valence-electron chi connectivity index (χ3n) is 3.22. The van der Waals surface area contributed by atoms with Crippen molar-refractivity contribution < 1.29 is 5.11 Å². The van der Waals surface area contributed by atoms with Crippen molar-refractivity contribution in [3.05, 3.63) is 0 Å². The lowest BCUT2D eigenvalue weighted by atomic mass is 10.0. The van der Waals surface area contributed by atoms with Gasteiger partial charge in [0.2, 0.25) is 17.8 Å². The number of hydrogen-bond donors (Lipinski definition) is 3. The summed E-state index contributed by atoms with van der Waals surface area (Å²) >= 11 is 0. The van der Waals surface area contributed by atoms with Crippen molar-refractivity contribution in [1.82, 2.24) is 15.0 Å². The van der Waals surface area contributed by atoms with E-state index in [-0.39, 0.29) is 18.1 Å². The van der Waals surface area contributed by atoms with Crippen molar-refractivity contribution >= 4 is 17.8 Å². The van der Waals surface area contributed by atoms with Crippen LogP contribution in [0.1, 0.15) is 33.1 Å². The highest BCUT2D eigenvalue weighted by molar-refractivity contribution is 5.43. The smallest absolute Gasteiger partial charge is 0.231 e. The predicted octanol–water partition coefficient (Wildman–Crippen LogP) is 0.627. The van der Waals surface area contributed by atoms with E-state index in [0.717, 1.165) is 25.9 Å². The van der Waals surface area contributed by atoms with Crippen LogP contribution < -0.4 is 16.0 Å². The summed E-state index contributed by atoms with van der Waals surface area (Å²) in [6, 6.07) is 0. The van der Waals surface area contributed by atoms with Gasteiger partial charge < -0.3 is 21.1 Å². The normalized spacial score (nSPS) is 15.8. The fourth-order valence-corrected chi connectivity index (χ4v) is 2.14. The topological polar surface area (TPSA) is 100 Å². The van der Waals surface area contributed by atoms with Crippen LogP contribution in [0.25, 0.3) is 0 Å². The number of anilines is 3. The summed E-state index contributed by atoms with van der Waals surface area (Å²) < 4.78 is 0. The van der Waals surface area contributed by atoms with Crippen molar-refractivity contribution in [3.8, 4) is 0 Å². The lowest BCUT2D eigenvalue weighted by Gasteiger charge is -2.26. The molecule has 7 nitrogen and oxygen atoms in total. The van der Waals surface area contributed by atoms with Crippen LogP contribution in [0.4, 0.5) is 17.8 Å². The summed E-state index contributed by atoms with van der Waals surface area (Å²) in [5.41, 5.74) is 5.45. The number of nitrogens with two attached hydrogens (primary N) is 1. The molecule has 0 spiro atoms. The number of rotatable bonds is 5. The second kappa shape index (κ2) is 5.56. The molecular weight excluding hydrogens is 244 g/mol. The SMILES string of the molecule is CC(C)(CCO)Nc1nc(N)nc(N2CCCC2)n1. The molecular formula is C12H22N6O. The van der Waals surface area contributed by atoms with Crippen LogP contribution in [0.5, 0.6) is 0 Å². The third-order valence-corrected chi connectivity index (χ3v) is 3.22. The molecule has 0 radical (unpaired) electrons. The molecule has 4 N–H and O–H groups in total. The molecule has 1 saturated heterocycles. The molecule has 19 heavy (non-hydrogen) atoms. The molecule has 2 heterocycles. The summed E-state index contributed by atoms with van der Waals surface area (Å²) in [5.74, 6) is 1.32. The van der Waals surface area contributed by atoms with Gasteiger partial charge in [0.1, 0.15) is 0 Å². The zero-order chi connectivity index (χ0) is 13.9. The van der Waals surface area contributed by atoms with E-state index >= 15 is 0 Å². The van der Waals surface area contributed by atoms with E-state index in [1.165, 1.54) is 0 Å². The molecule has 0 amide bonds. The Labute approximate surface area is 113 Å². The monoisotopic (exact) mass is 266 g/mol. The van der Waals surface area contributed by atoms with Gasteiger partial charge in [0, 0.05) is 25.2 Å². The van der Waals surface area contributed by atoms with Crippen LogP contribution in [0, 0.1) is 0 Å². The largest absolute Gasteiger partial charge is 0.396 e. The molecule has 0 unspecified atom stereocenters. The number of nitrogen functional groups attached to an aromatic ring is 1. The van der Waals surface area contributed by atoms with E-state index in [2.05, 4.69) is 25.2 Å². The van der Waals surface area contributed by atoms with Crippen molar-refractivity contribution in [2.75, 3.05) is 35.6 Å². The lowest BCUT2D eigenvalue weighted by Crippen LogP contribution is -2.33. The minimum atomic E-state index is -0.287. The molecule has 1 aromatic heterocycles. The zero-order valence-electron chi connectivity index (χ0n) is 11.6. The summed E-state index contributed by atoms with van der Waals surface area (Å²) in [6.45, 7) is 6.00. The highest BCUT2D eigenvalue weighted by atomic mass is 16.3. The van der Waals surface area contributed by atoms with Crippen molar-refractivity contribution in [3.63, 3.8) is 0 Å². The van der Waals surface area contributed by atoms with Crippen LogP contribution in [-0.4, -0.2) is 45.3 Å². The molecule has 0 aromatic carbocycles. The van der Waals surface area contributed by atoms with Crippen molar-refractivity contribution in [2.24, 2.45) is 0 Å². The maximum atomic E-state index is 9.04. The first-order chi connectivity index (χ1) is 9.00. The molecule has 1 aliphatic rings. The van der Waals surface area contributed by atoms with Gasteiger partial charge in [-0.2, -0.15) is 15.0 Å². The summed E-state index contributed by atoms with van der Waals surface area (Å²) in [4.78, 5) is 14.8. The molecule has 106 valence electrons.